The van der Waals surface area contributed by atoms with Crippen LogP contribution in [0, 0.1) is 0 Å². The van der Waals surface area contributed by atoms with Crippen LogP contribution >= 0.6 is 24.0 Å². The fourth-order valence-corrected chi connectivity index (χ4v) is 1.79. The van der Waals surface area contributed by atoms with Gasteiger partial charge in [0.25, 0.3) is 0 Å². The van der Waals surface area contributed by atoms with Crippen LogP contribution < -0.4 is 5.73 Å². The van der Waals surface area contributed by atoms with E-state index in [4.69, 9.17) is 17.3 Å². The number of halogens is 2. The molecule has 0 saturated carbocycles. The zero-order chi connectivity index (χ0) is 12.6. The average Bonchev–Trinajstić information content (AvgIpc) is 2.61. The minimum absolute atomic E-state index is 0. The van der Waals surface area contributed by atoms with Gasteiger partial charge in [-0.15, -0.1) is 12.4 Å². The molecule has 0 amide bonds. The monoisotopic (exact) mass is 285 g/mol. The van der Waals surface area contributed by atoms with Crippen molar-refractivity contribution in [2.45, 2.75) is 26.2 Å². The number of nitrogen functional groups attached to an aromatic ring is 1. The van der Waals surface area contributed by atoms with Crippen molar-refractivity contribution in [3.8, 4) is 5.69 Å². The lowest BCUT2D eigenvalue weighted by atomic mass is 9.92. The minimum Gasteiger partial charge on any atom is -0.384 e. The van der Waals surface area contributed by atoms with Gasteiger partial charge < -0.3 is 5.73 Å². The first-order chi connectivity index (χ1) is 7.89. The lowest BCUT2D eigenvalue weighted by Gasteiger charge is -2.14. The van der Waals surface area contributed by atoms with E-state index < -0.39 is 0 Å². The van der Waals surface area contributed by atoms with Crippen molar-refractivity contribution in [2.75, 3.05) is 5.73 Å². The summed E-state index contributed by atoms with van der Waals surface area (Å²) in [5, 5.41) is 5.16. The van der Waals surface area contributed by atoms with Gasteiger partial charge in [0.15, 0.2) is 0 Å². The third kappa shape index (κ3) is 2.79. The number of rotatable bonds is 1. The van der Waals surface area contributed by atoms with Crippen LogP contribution in [-0.4, -0.2) is 9.78 Å². The molecule has 3 nitrogen and oxygen atoms in total. The van der Waals surface area contributed by atoms with Crippen LogP contribution in [0.1, 0.15) is 26.5 Å². The summed E-state index contributed by atoms with van der Waals surface area (Å²) in [6.07, 6.45) is 0. The lowest BCUT2D eigenvalue weighted by molar-refractivity contribution is 0.560. The van der Waals surface area contributed by atoms with E-state index >= 15 is 0 Å². The number of hydrogen-bond donors (Lipinski definition) is 1. The van der Waals surface area contributed by atoms with Crippen LogP contribution in [0.4, 0.5) is 5.82 Å². The SMILES string of the molecule is CC(C)(C)c1cc(N)n(-c2ccccc2Cl)n1.Cl. The summed E-state index contributed by atoms with van der Waals surface area (Å²) in [6.45, 7) is 6.31. The van der Waals surface area contributed by atoms with Gasteiger partial charge in [0.05, 0.1) is 16.4 Å². The van der Waals surface area contributed by atoms with Crippen molar-refractivity contribution in [2.24, 2.45) is 0 Å². The number of nitrogens with zero attached hydrogens (tertiary/aromatic N) is 2. The lowest BCUT2D eigenvalue weighted by Crippen LogP contribution is -2.12. The maximum atomic E-state index is 6.14. The molecule has 2 N–H and O–H groups in total. The molecule has 18 heavy (non-hydrogen) atoms. The third-order valence-electron chi connectivity index (χ3n) is 2.59. The molecule has 1 aromatic carbocycles. The molecule has 0 aliphatic heterocycles. The van der Waals surface area contributed by atoms with Gasteiger partial charge in [-0.1, -0.05) is 44.5 Å². The summed E-state index contributed by atoms with van der Waals surface area (Å²) < 4.78 is 1.68. The van der Waals surface area contributed by atoms with Gasteiger partial charge in [-0.05, 0) is 12.1 Å². The van der Waals surface area contributed by atoms with Gasteiger partial charge in [0.1, 0.15) is 5.82 Å². The van der Waals surface area contributed by atoms with E-state index in [0.717, 1.165) is 11.4 Å². The second-order valence-electron chi connectivity index (χ2n) is 5.07. The van der Waals surface area contributed by atoms with Crippen LogP contribution in [0.25, 0.3) is 5.69 Å². The van der Waals surface area contributed by atoms with Crippen molar-refractivity contribution < 1.29 is 0 Å². The van der Waals surface area contributed by atoms with Gasteiger partial charge in [-0.2, -0.15) is 5.10 Å². The first-order valence-electron chi connectivity index (χ1n) is 5.50. The molecule has 0 spiro atoms. The average molecular weight is 286 g/mol. The second kappa shape index (κ2) is 5.21. The smallest absolute Gasteiger partial charge is 0.127 e. The molecule has 0 atom stereocenters. The number of para-hydroxylation sites is 1. The van der Waals surface area contributed by atoms with E-state index in [0.29, 0.717) is 10.8 Å². The number of hydrogen-bond acceptors (Lipinski definition) is 2. The molecular weight excluding hydrogens is 269 g/mol. The van der Waals surface area contributed by atoms with E-state index in [2.05, 4.69) is 25.9 Å². The predicted octanol–water partition coefficient (Wildman–Crippen LogP) is 3.83. The summed E-state index contributed by atoms with van der Waals surface area (Å²) >= 11 is 6.14. The Labute approximate surface area is 118 Å². The standard InChI is InChI=1S/C13H16ClN3.ClH/c1-13(2,3)11-8-12(15)17(16-11)10-7-5-4-6-9(10)14;/h4-8H,15H2,1-3H3;1H. The van der Waals surface area contributed by atoms with Gasteiger partial charge >= 0.3 is 0 Å². The fraction of sp³-hybridized carbons (Fsp3) is 0.308. The highest BCUT2D eigenvalue weighted by atomic mass is 35.5. The first-order valence-corrected chi connectivity index (χ1v) is 5.88. The van der Waals surface area contributed by atoms with Crippen LogP contribution in [0.3, 0.4) is 0 Å². The Kier molecular flexibility index (Phi) is 4.30. The topological polar surface area (TPSA) is 43.8 Å². The molecule has 0 radical (unpaired) electrons. The maximum Gasteiger partial charge on any atom is 0.127 e. The molecule has 2 aromatic rings. The van der Waals surface area contributed by atoms with Gasteiger partial charge in [-0.3, -0.25) is 0 Å². The fourth-order valence-electron chi connectivity index (χ4n) is 1.58. The van der Waals surface area contributed by atoms with Crippen molar-refractivity contribution >= 4 is 29.8 Å². The zero-order valence-corrected chi connectivity index (χ0v) is 12.2. The summed E-state index contributed by atoms with van der Waals surface area (Å²) in [4.78, 5) is 0. The molecule has 98 valence electrons. The highest BCUT2D eigenvalue weighted by molar-refractivity contribution is 6.32. The Hall–Kier alpha value is -1.19. The van der Waals surface area contributed by atoms with Crippen molar-refractivity contribution in [3.63, 3.8) is 0 Å². The van der Waals surface area contributed by atoms with E-state index in [1.807, 2.05) is 30.3 Å². The summed E-state index contributed by atoms with van der Waals surface area (Å²) in [5.41, 5.74) is 7.71. The molecule has 0 aliphatic rings. The molecule has 1 heterocycles. The van der Waals surface area contributed by atoms with Crippen LogP contribution in [0.2, 0.25) is 5.02 Å². The molecule has 0 unspecified atom stereocenters. The number of benzene rings is 1. The summed E-state index contributed by atoms with van der Waals surface area (Å²) in [6, 6.07) is 9.42. The Morgan fingerprint density at radius 2 is 1.83 bits per heavy atom. The third-order valence-corrected chi connectivity index (χ3v) is 2.91. The molecule has 0 fully saturated rings. The molecular formula is C13H17Cl2N3. The Morgan fingerprint density at radius 3 is 2.33 bits per heavy atom. The Morgan fingerprint density at radius 1 is 1.22 bits per heavy atom. The van der Waals surface area contributed by atoms with Gasteiger partial charge in [0, 0.05) is 11.5 Å². The molecule has 0 bridgehead atoms. The van der Waals surface area contributed by atoms with Crippen molar-refractivity contribution in [1.82, 2.24) is 9.78 Å². The van der Waals surface area contributed by atoms with Crippen LogP contribution in [0.5, 0.6) is 0 Å². The second-order valence-corrected chi connectivity index (χ2v) is 5.47. The van der Waals surface area contributed by atoms with Crippen LogP contribution in [-0.2, 0) is 5.41 Å². The number of nitrogens with two attached hydrogens (primary N) is 1. The molecule has 5 heteroatoms. The van der Waals surface area contributed by atoms with E-state index in [-0.39, 0.29) is 17.8 Å². The highest BCUT2D eigenvalue weighted by Gasteiger charge is 2.19. The Balaban J connectivity index is 0.00000162. The highest BCUT2D eigenvalue weighted by Crippen LogP contribution is 2.27. The summed E-state index contributed by atoms with van der Waals surface area (Å²) in [5.74, 6) is 0.600. The van der Waals surface area contributed by atoms with Gasteiger partial charge in [0.2, 0.25) is 0 Å². The van der Waals surface area contributed by atoms with Crippen molar-refractivity contribution in [3.05, 3.63) is 41.0 Å². The van der Waals surface area contributed by atoms with E-state index in [9.17, 15) is 0 Å². The van der Waals surface area contributed by atoms with Crippen LogP contribution in [0.15, 0.2) is 30.3 Å². The molecule has 0 saturated heterocycles. The quantitative estimate of drug-likeness (QED) is 0.865. The minimum atomic E-state index is -0.0272. The van der Waals surface area contributed by atoms with E-state index in [1.165, 1.54) is 0 Å². The van der Waals surface area contributed by atoms with Gasteiger partial charge in [-0.25, -0.2) is 4.68 Å². The molecule has 2 rings (SSSR count). The normalized spacial score (nSPS) is 11.1. The van der Waals surface area contributed by atoms with E-state index in [1.54, 1.807) is 4.68 Å². The number of aromatic nitrogens is 2. The van der Waals surface area contributed by atoms with Crippen molar-refractivity contribution in [1.29, 1.82) is 0 Å². The molecule has 0 aliphatic carbocycles. The first kappa shape index (κ1) is 14.9. The summed E-state index contributed by atoms with van der Waals surface area (Å²) in [7, 11) is 0. The zero-order valence-electron chi connectivity index (χ0n) is 10.6. The number of anilines is 1. The largest absolute Gasteiger partial charge is 0.384 e. The maximum absolute atomic E-state index is 6.14. The Bertz CT molecular complexity index is 541. The molecule has 1 aromatic heterocycles. The predicted molar refractivity (Wildman–Crippen MR) is 78.9 cm³/mol.